The van der Waals surface area contributed by atoms with Crippen molar-refractivity contribution in [2.45, 2.75) is 13.3 Å². The Morgan fingerprint density at radius 2 is 2.30 bits per heavy atom. The molecular weight excluding hydrogens is 296 g/mol. The predicted octanol–water partition coefficient (Wildman–Crippen LogP) is 1.38. The number of amidine groups is 1. The van der Waals surface area contributed by atoms with E-state index in [0.29, 0.717) is 17.8 Å². The van der Waals surface area contributed by atoms with Crippen molar-refractivity contribution in [1.82, 2.24) is 5.01 Å². The van der Waals surface area contributed by atoms with Crippen molar-refractivity contribution in [2.24, 2.45) is 16.1 Å². The van der Waals surface area contributed by atoms with E-state index in [0.717, 1.165) is 10.6 Å². The molecule has 0 aliphatic carbocycles. The summed E-state index contributed by atoms with van der Waals surface area (Å²) in [7, 11) is 0. The van der Waals surface area contributed by atoms with Gasteiger partial charge in [-0.15, -0.1) is 0 Å². The molecule has 0 spiro atoms. The van der Waals surface area contributed by atoms with Gasteiger partial charge in [-0.25, -0.2) is 15.7 Å². The Bertz CT molecular complexity index is 723. The molecule has 2 N–H and O–H groups in total. The number of carbonyl (C=O) groups is 1. The molecule has 1 aromatic carbocycles. The maximum atomic E-state index is 11.7. The average molecular weight is 310 g/mol. The summed E-state index contributed by atoms with van der Waals surface area (Å²) in [5.74, 6) is -0.537. The number of aliphatic hydroxyl groups excluding tert-OH is 1. The minimum Gasteiger partial charge on any atom is -0.374 e. The van der Waals surface area contributed by atoms with Gasteiger partial charge < -0.3 is 9.95 Å². The van der Waals surface area contributed by atoms with Crippen LogP contribution in [0.3, 0.4) is 0 Å². The molecule has 23 heavy (non-hydrogen) atoms. The standard InChI is InChI=1S/C15H14N6O2/c1-10-7-14(23)21(9-22)20-15(10)11-3-5-12(6-4-11)18-19-13(8-16)17-2/h3-6,10,18,22H,7,9H2,1H3/b19-13+/t10-/m1/s1. The highest BCUT2D eigenvalue weighted by atomic mass is 16.3. The third-order valence-electron chi connectivity index (χ3n) is 3.28. The number of hydrogen-bond acceptors (Lipinski definition) is 6. The molecule has 1 aliphatic heterocycles. The fourth-order valence-corrected chi connectivity index (χ4v) is 2.11. The van der Waals surface area contributed by atoms with E-state index in [9.17, 15) is 4.79 Å². The van der Waals surface area contributed by atoms with Gasteiger partial charge in [0.2, 0.25) is 5.91 Å². The van der Waals surface area contributed by atoms with Gasteiger partial charge in [0.1, 0.15) is 12.8 Å². The second-order valence-corrected chi connectivity index (χ2v) is 4.87. The fourth-order valence-electron chi connectivity index (χ4n) is 2.11. The van der Waals surface area contributed by atoms with Gasteiger partial charge in [-0.05, 0) is 22.8 Å². The number of nitriles is 1. The Morgan fingerprint density at radius 3 is 2.87 bits per heavy atom. The second kappa shape index (κ2) is 7.16. The normalized spacial score (nSPS) is 18.0. The highest BCUT2D eigenvalue weighted by Gasteiger charge is 2.26. The van der Waals surface area contributed by atoms with Crippen LogP contribution >= 0.6 is 0 Å². The number of benzene rings is 1. The predicted molar refractivity (Wildman–Crippen MR) is 84.0 cm³/mol. The fraction of sp³-hybridized carbons (Fsp3) is 0.267. The monoisotopic (exact) mass is 310 g/mol. The van der Waals surface area contributed by atoms with Crippen LogP contribution in [0.1, 0.15) is 18.9 Å². The SMILES string of the molecule is [C-]#[N+]/C(C#N)=N/Nc1ccc(C2=NN(CO)C(=O)C[C@H]2C)cc1. The lowest BCUT2D eigenvalue weighted by Crippen LogP contribution is -2.36. The van der Waals surface area contributed by atoms with Crippen LogP contribution in [0, 0.1) is 23.8 Å². The van der Waals surface area contributed by atoms with E-state index in [1.54, 1.807) is 30.3 Å². The average Bonchev–Trinajstić information content (AvgIpc) is 2.57. The van der Waals surface area contributed by atoms with E-state index in [4.69, 9.17) is 16.9 Å². The van der Waals surface area contributed by atoms with Gasteiger partial charge in [0.25, 0.3) is 0 Å². The molecule has 0 bridgehead atoms. The first kappa shape index (κ1) is 16.1. The molecule has 1 aromatic rings. The van der Waals surface area contributed by atoms with Crippen LogP contribution in [-0.4, -0.2) is 34.3 Å². The Balaban J connectivity index is 2.20. The number of carbonyl (C=O) groups excluding carboxylic acids is 1. The summed E-state index contributed by atoms with van der Waals surface area (Å²) in [6, 6.07) is 8.71. The number of amides is 1. The van der Waals surface area contributed by atoms with Crippen molar-refractivity contribution in [2.75, 3.05) is 12.2 Å². The lowest BCUT2D eigenvalue weighted by atomic mass is 9.94. The van der Waals surface area contributed by atoms with Crippen molar-refractivity contribution in [3.05, 3.63) is 41.2 Å². The van der Waals surface area contributed by atoms with E-state index in [-0.39, 0.29) is 17.7 Å². The molecule has 0 unspecified atom stereocenters. The Kier molecular flexibility index (Phi) is 5.03. The maximum Gasteiger partial charge on any atom is 0.371 e. The smallest absolute Gasteiger partial charge is 0.371 e. The van der Waals surface area contributed by atoms with Gasteiger partial charge in [0.15, 0.2) is 0 Å². The summed E-state index contributed by atoms with van der Waals surface area (Å²) in [5, 5.41) is 26.6. The number of hydrogen-bond donors (Lipinski definition) is 2. The van der Waals surface area contributed by atoms with E-state index >= 15 is 0 Å². The molecular formula is C15H14N6O2. The number of rotatable bonds is 4. The first-order valence-electron chi connectivity index (χ1n) is 6.80. The van der Waals surface area contributed by atoms with E-state index in [1.165, 1.54) is 0 Å². The van der Waals surface area contributed by atoms with Crippen LogP contribution < -0.4 is 5.43 Å². The summed E-state index contributed by atoms with van der Waals surface area (Å²) in [6.45, 7) is 8.19. The van der Waals surface area contributed by atoms with Crippen molar-refractivity contribution in [3.63, 3.8) is 0 Å². The number of nitrogens with one attached hydrogen (secondary N) is 1. The van der Waals surface area contributed by atoms with Crippen molar-refractivity contribution >= 4 is 23.1 Å². The Morgan fingerprint density at radius 1 is 1.61 bits per heavy atom. The Labute approximate surface area is 133 Å². The highest BCUT2D eigenvalue weighted by molar-refractivity contribution is 6.06. The topological polar surface area (TPSA) is 105 Å². The summed E-state index contributed by atoms with van der Waals surface area (Å²) in [4.78, 5) is 14.6. The van der Waals surface area contributed by atoms with Crippen LogP contribution in [0.4, 0.5) is 5.69 Å². The number of hydrazone groups is 2. The van der Waals surface area contributed by atoms with Gasteiger partial charge in [-0.1, -0.05) is 25.6 Å². The van der Waals surface area contributed by atoms with Gasteiger partial charge >= 0.3 is 5.84 Å². The van der Waals surface area contributed by atoms with Crippen LogP contribution in [0.15, 0.2) is 34.5 Å². The molecule has 0 saturated heterocycles. The van der Waals surface area contributed by atoms with Crippen LogP contribution in [0.5, 0.6) is 0 Å². The summed E-state index contributed by atoms with van der Waals surface area (Å²) >= 11 is 0. The van der Waals surface area contributed by atoms with Gasteiger partial charge in [-0.2, -0.15) is 5.10 Å². The molecule has 1 amide bonds. The molecule has 116 valence electrons. The molecule has 8 heteroatoms. The third kappa shape index (κ3) is 3.70. The van der Waals surface area contributed by atoms with Gasteiger partial charge in [0.05, 0.1) is 11.4 Å². The van der Waals surface area contributed by atoms with Crippen molar-refractivity contribution in [1.29, 1.82) is 5.26 Å². The van der Waals surface area contributed by atoms with E-state index < -0.39 is 6.73 Å². The minimum absolute atomic E-state index is 0.0468. The highest BCUT2D eigenvalue weighted by Crippen LogP contribution is 2.21. The van der Waals surface area contributed by atoms with E-state index in [2.05, 4.69) is 20.5 Å². The molecule has 8 nitrogen and oxygen atoms in total. The molecule has 0 aromatic heterocycles. The third-order valence-corrected chi connectivity index (χ3v) is 3.28. The molecule has 0 radical (unpaired) electrons. The van der Waals surface area contributed by atoms with Gasteiger partial charge in [-0.3, -0.25) is 4.79 Å². The molecule has 0 fully saturated rings. The number of anilines is 1. The first-order chi connectivity index (χ1) is 11.1. The first-order valence-corrected chi connectivity index (χ1v) is 6.80. The molecule has 0 saturated carbocycles. The molecule has 1 aliphatic rings. The lowest BCUT2D eigenvalue weighted by molar-refractivity contribution is -0.136. The van der Waals surface area contributed by atoms with E-state index in [1.807, 2.05) is 6.92 Å². The summed E-state index contributed by atoms with van der Waals surface area (Å²) < 4.78 is 0. The maximum absolute atomic E-state index is 11.7. The Hall–Kier alpha value is -3.23. The zero-order chi connectivity index (χ0) is 16.8. The minimum atomic E-state index is -0.447. The molecule has 1 heterocycles. The molecule has 1 atom stereocenters. The van der Waals surface area contributed by atoms with Crippen LogP contribution in [-0.2, 0) is 4.79 Å². The number of aliphatic hydroxyl groups is 1. The van der Waals surface area contributed by atoms with Crippen molar-refractivity contribution in [3.8, 4) is 6.07 Å². The zero-order valence-corrected chi connectivity index (χ0v) is 12.4. The lowest BCUT2D eigenvalue weighted by Gasteiger charge is -2.26. The summed E-state index contributed by atoms with van der Waals surface area (Å²) in [5.41, 5.74) is 4.78. The van der Waals surface area contributed by atoms with Crippen molar-refractivity contribution < 1.29 is 9.90 Å². The van der Waals surface area contributed by atoms with Crippen LogP contribution in [0.25, 0.3) is 4.85 Å². The largest absolute Gasteiger partial charge is 0.374 e. The summed E-state index contributed by atoms with van der Waals surface area (Å²) in [6.07, 6.45) is 0.292. The molecule has 2 rings (SSSR count). The van der Waals surface area contributed by atoms with Gasteiger partial charge in [0, 0.05) is 12.3 Å². The quantitative estimate of drug-likeness (QED) is 0.379. The zero-order valence-electron chi connectivity index (χ0n) is 12.4. The number of nitrogens with zero attached hydrogens (tertiary/aromatic N) is 5. The second-order valence-electron chi connectivity index (χ2n) is 4.87. The van der Waals surface area contributed by atoms with Crippen LogP contribution in [0.2, 0.25) is 0 Å².